The van der Waals surface area contributed by atoms with E-state index in [1.165, 1.54) is 12.1 Å². The number of nitrogens with two attached hydrogens (primary N) is 1. The van der Waals surface area contributed by atoms with Crippen molar-refractivity contribution in [2.75, 3.05) is 41.7 Å². The van der Waals surface area contributed by atoms with E-state index in [1.54, 1.807) is 12.5 Å². The SMILES string of the molecule is Nc1cc(-c2ccc3ncnc(N4CCN(c5ccc(F)cc5F)CC4)c3c2)ccn1. The van der Waals surface area contributed by atoms with E-state index in [2.05, 4.69) is 25.9 Å². The highest BCUT2D eigenvalue weighted by Gasteiger charge is 2.22. The van der Waals surface area contributed by atoms with Crippen molar-refractivity contribution in [2.45, 2.75) is 0 Å². The van der Waals surface area contributed by atoms with E-state index in [1.807, 2.05) is 29.2 Å². The van der Waals surface area contributed by atoms with Crippen LogP contribution in [0.3, 0.4) is 0 Å². The summed E-state index contributed by atoms with van der Waals surface area (Å²) in [7, 11) is 0. The number of rotatable bonds is 3. The van der Waals surface area contributed by atoms with E-state index in [9.17, 15) is 8.78 Å². The van der Waals surface area contributed by atoms with Gasteiger partial charge in [0.1, 0.15) is 29.6 Å². The molecule has 0 bridgehead atoms. The number of piperazine rings is 1. The van der Waals surface area contributed by atoms with Gasteiger partial charge in [0.2, 0.25) is 0 Å². The fraction of sp³-hybridized carbons (Fsp3) is 0.174. The van der Waals surface area contributed by atoms with Gasteiger partial charge in [0, 0.05) is 43.8 Å². The van der Waals surface area contributed by atoms with E-state index in [-0.39, 0.29) is 0 Å². The summed E-state index contributed by atoms with van der Waals surface area (Å²) in [5, 5.41) is 0.941. The fourth-order valence-electron chi connectivity index (χ4n) is 4.00. The molecular formula is C23H20F2N6. The highest BCUT2D eigenvalue weighted by molar-refractivity contribution is 5.93. The third-order valence-corrected chi connectivity index (χ3v) is 5.56. The zero-order chi connectivity index (χ0) is 21.4. The Labute approximate surface area is 178 Å². The van der Waals surface area contributed by atoms with Crippen LogP contribution in [0.1, 0.15) is 0 Å². The van der Waals surface area contributed by atoms with Gasteiger partial charge in [-0.2, -0.15) is 0 Å². The van der Waals surface area contributed by atoms with Gasteiger partial charge in [-0.15, -0.1) is 0 Å². The zero-order valence-corrected chi connectivity index (χ0v) is 16.7. The second-order valence-electron chi connectivity index (χ2n) is 7.47. The Bertz CT molecular complexity index is 1250. The molecule has 1 aliphatic rings. The highest BCUT2D eigenvalue weighted by atomic mass is 19.1. The van der Waals surface area contributed by atoms with Crippen molar-refractivity contribution in [3.05, 3.63) is 72.7 Å². The summed E-state index contributed by atoms with van der Waals surface area (Å²) in [6.45, 7) is 2.54. The van der Waals surface area contributed by atoms with Gasteiger partial charge in [-0.05, 0) is 47.5 Å². The zero-order valence-electron chi connectivity index (χ0n) is 16.7. The molecule has 0 aliphatic carbocycles. The van der Waals surface area contributed by atoms with Crippen molar-refractivity contribution < 1.29 is 8.78 Å². The summed E-state index contributed by atoms with van der Waals surface area (Å²) < 4.78 is 27.4. The Morgan fingerprint density at radius 3 is 2.32 bits per heavy atom. The fourth-order valence-corrected chi connectivity index (χ4v) is 4.00. The van der Waals surface area contributed by atoms with E-state index in [4.69, 9.17) is 5.73 Å². The molecule has 2 aromatic heterocycles. The lowest BCUT2D eigenvalue weighted by Gasteiger charge is -2.37. The first-order valence-electron chi connectivity index (χ1n) is 10.00. The molecule has 2 N–H and O–H groups in total. The summed E-state index contributed by atoms with van der Waals surface area (Å²) in [6, 6.07) is 13.5. The van der Waals surface area contributed by atoms with Crippen LogP contribution in [0.15, 0.2) is 61.1 Å². The molecule has 0 unspecified atom stereocenters. The Morgan fingerprint density at radius 1 is 0.774 bits per heavy atom. The number of fused-ring (bicyclic) bond motifs is 1. The molecule has 0 amide bonds. The van der Waals surface area contributed by atoms with Crippen molar-refractivity contribution >= 4 is 28.2 Å². The van der Waals surface area contributed by atoms with Gasteiger partial charge in [-0.3, -0.25) is 0 Å². The number of hydrogen-bond donors (Lipinski definition) is 1. The molecule has 156 valence electrons. The van der Waals surface area contributed by atoms with E-state index < -0.39 is 11.6 Å². The van der Waals surface area contributed by atoms with E-state index in [0.717, 1.165) is 33.9 Å². The van der Waals surface area contributed by atoms with E-state index >= 15 is 0 Å². The molecule has 2 aromatic carbocycles. The molecule has 3 heterocycles. The van der Waals surface area contributed by atoms with Crippen molar-refractivity contribution in [2.24, 2.45) is 0 Å². The number of benzene rings is 2. The molecule has 1 aliphatic heterocycles. The summed E-state index contributed by atoms with van der Waals surface area (Å²) in [5.41, 5.74) is 9.09. The van der Waals surface area contributed by atoms with Crippen LogP contribution in [0, 0.1) is 11.6 Å². The van der Waals surface area contributed by atoms with Gasteiger partial charge < -0.3 is 15.5 Å². The second kappa shape index (κ2) is 7.79. The van der Waals surface area contributed by atoms with Crippen molar-refractivity contribution in [3.63, 3.8) is 0 Å². The summed E-state index contributed by atoms with van der Waals surface area (Å²) in [4.78, 5) is 17.1. The van der Waals surface area contributed by atoms with Gasteiger partial charge >= 0.3 is 0 Å². The number of nitrogens with zero attached hydrogens (tertiary/aromatic N) is 5. The highest BCUT2D eigenvalue weighted by Crippen LogP contribution is 2.30. The lowest BCUT2D eigenvalue weighted by Crippen LogP contribution is -2.47. The molecule has 8 heteroatoms. The average Bonchev–Trinajstić information content (AvgIpc) is 2.79. The normalized spacial score (nSPS) is 14.3. The van der Waals surface area contributed by atoms with Crippen LogP contribution in [0.5, 0.6) is 0 Å². The smallest absolute Gasteiger partial charge is 0.149 e. The third kappa shape index (κ3) is 3.72. The minimum atomic E-state index is -0.570. The van der Waals surface area contributed by atoms with Crippen LogP contribution < -0.4 is 15.5 Å². The minimum absolute atomic E-state index is 0.422. The van der Waals surface area contributed by atoms with Crippen LogP contribution in [-0.2, 0) is 0 Å². The maximum Gasteiger partial charge on any atom is 0.149 e. The monoisotopic (exact) mass is 418 g/mol. The Hall–Kier alpha value is -3.81. The van der Waals surface area contributed by atoms with Gasteiger partial charge in [0.25, 0.3) is 0 Å². The molecule has 0 spiro atoms. The first kappa shape index (κ1) is 19.2. The number of aromatic nitrogens is 3. The standard InChI is InChI=1S/C23H20F2N6/c24-17-2-4-21(19(25)13-17)30-7-9-31(10-8-30)23-18-11-15(1-3-20(18)28-14-29-23)16-5-6-27-22(26)12-16/h1-6,11-14H,7-10H2,(H2,26,27). The van der Waals surface area contributed by atoms with Crippen molar-refractivity contribution in [1.82, 2.24) is 15.0 Å². The second-order valence-corrected chi connectivity index (χ2v) is 7.47. The molecule has 0 atom stereocenters. The quantitative estimate of drug-likeness (QED) is 0.545. The first-order chi connectivity index (χ1) is 15.1. The maximum absolute atomic E-state index is 14.2. The Kier molecular flexibility index (Phi) is 4.82. The van der Waals surface area contributed by atoms with Gasteiger partial charge in [-0.1, -0.05) is 6.07 Å². The summed E-state index contributed by atoms with van der Waals surface area (Å²) in [6.07, 6.45) is 3.25. The number of nitrogen functional groups attached to an aromatic ring is 1. The number of hydrogen-bond acceptors (Lipinski definition) is 6. The average molecular weight is 418 g/mol. The lowest BCUT2D eigenvalue weighted by molar-refractivity contribution is 0.570. The Morgan fingerprint density at radius 2 is 1.55 bits per heavy atom. The third-order valence-electron chi connectivity index (χ3n) is 5.56. The number of pyridine rings is 1. The minimum Gasteiger partial charge on any atom is -0.384 e. The predicted octanol–water partition coefficient (Wildman–Crippen LogP) is 3.88. The molecule has 0 radical (unpaired) electrons. The molecule has 6 nitrogen and oxygen atoms in total. The molecule has 1 fully saturated rings. The number of halogens is 2. The van der Waals surface area contributed by atoms with Crippen molar-refractivity contribution in [3.8, 4) is 11.1 Å². The van der Waals surface area contributed by atoms with Crippen LogP contribution in [0.25, 0.3) is 22.0 Å². The predicted molar refractivity (Wildman–Crippen MR) is 118 cm³/mol. The summed E-state index contributed by atoms with van der Waals surface area (Å²) in [5.74, 6) is 0.195. The van der Waals surface area contributed by atoms with Gasteiger partial charge in [0.15, 0.2) is 0 Å². The molecule has 5 rings (SSSR count). The van der Waals surface area contributed by atoms with Crippen LogP contribution in [0.4, 0.5) is 26.1 Å². The topological polar surface area (TPSA) is 71.2 Å². The molecular weight excluding hydrogens is 398 g/mol. The van der Waals surface area contributed by atoms with Crippen LogP contribution in [0.2, 0.25) is 0 Å². The first-order valence-corrected chi connectivity index (χ1v) is 10.00. The lowest BCUT2D eigenvalue weighted by atomic mass is 10.0. The molecule has 1 saturated heterocycles. The van der Waals surface area contributed by atoms with Gasteiger partial charge in [-0.25, -0.2) is 23.7 Å². The van der Waals surface area contributed by atoms with Crippen molar-refractivity contribution in [1.29, 1.82) is 0 Å². The van der Waals surface area contributed by atoms with Crippen LogP contribution in [-0.4, -0.2) is 41.1 Å². The maximum atomic E-state index is 14.2. The van der Waals surface area contributed by atoms with Crippen LogP contribution >= 0.6 is 0 Å². The van der Waals surface area contributed by atoms with E-state index in [0.29, 0.717) is 37.7 Å². The number of anilines is 3. The molecule has 31 heavy (non-hydrogen) atoms. The molecule has 0 saturated carbocycles. The molecule has 4 aromatic rings. The summed E-state index contributed by atoms with van der Waals surface area (Å²) >= 11 is 0. The largest absolute Gasteiger partial charge is 0.384 e. The van der Waals surface area contributed by atoms with Gasteiger partial charge in [0.05, 0.1) is 11.2 Å². The Balaban J connectivity index is 1.43.